The van der Waals surface area contributed by atoms with Crippen molar-refractivity contribution in [2.75, 3.05) is 32.7 Å². The Labute approximate surface area is 158 Å². The fourth-order valence-electron chi connectivity index (χ4n) is 5.22. The molecule has 5 nitrogen and oxygen atoms in total. The molecule has 26 heavy (non-hydrogen) atoms. The van der Waals surface area contributed by atoms with E-state index in [4.69, 9.17) is 9.47 Å². The topological polar surface area (TPSA) is 42.0 Å². The fourth-order valence-corrected chi connectivity index (χ4v) is 5.22. The van der Waals surface area contributed by atoms with E-state index in [2.05, 4.69) is 4.90 Å². The van der Waals surface area contributed by atoms with Crippen molar-refractivity contribution in [2.24, 2.45) is 11.3 Å². The molecule has 2 saturated carbocycles. The van der Waals surface area contributed by atoms with Gasteiger partial charge in [-0.2, -0.15) is 0 Å². The molecule has 0 aromatic carbocycles. The van der Waals surface area contributed by atoms with Gasteiger partial charge in [0.05, 0.1) is 12.2 Å². The van der Waals surface area contributed by atoms with Crippen LogP contribution in [-0.2, 0) is 9.47 Å². The highest BCUT2D eigenvalue weighted by Crippen LogP contribution is 2.42. The van der Waals surface area contributed by atoms with Crippen LogP contribution < -0.4 is 0 Å². The van der Waals surface area contributed by atoms with Crippen LogP contribution in [0, 0.1) is 11.3 Å². The van der Waals surface area contributed by atoms with Gasteiger partial charge in [-0.25, -0.2) is 4.79 Å². The Morgan fingerprint density at radius 1 is 1.00 bits per heavy atom. The van der Waals surface area contributed by atoms with E-state index in [0.717, 1.165) is 32.1 Å². The van der Waals surface area contributed by atoms with Crippen molar-refractivity contribution in [3.63, 3.8) is 0 Å². The number of rotatable bonds is 4. The van der Waals surface area contributed by atoms with E-state index in [0.29, 0.717) is 17.6 Å². The number of hydrogen-bond donors (Lipinski definition) is 0. The predicted molar refractivity (Wildman–Crippen MR) is 101 cm³/mol. The second kappa shape index (κ2) is 6.97. The summed E-state index contributed by atoms with van der Waals surface area (Å²) in [6.07, 6.45) is 10.1. The summed E-state index contributed by atoms with van der Waals surface area (Å²) in [6, 6.07) is 0. The lowest BCUT2D eigenvalue weighted by Gasteiger charge is -2.61. The average molecular weight is 365 g/mol. The summed E-state index contributed by atoms with van der Waals surface area (Å²) in [5, 5.41) is 0. The molecule has 4 fully saturated rings. The molecule has 0 atom stereocenters. The van der Waals surface area contributed by atoms with Crippen molar-refractivity contribution in [1.29, 1.82) is 0 Å². The van der Waals surface area contributed by atoms with Gasteiger partial charge in [0.15, 0.2) is 0 Å². The highest BCUT2D eigenvalue weighted by molar-refractivity contribution is 5.69. The zero-order chi connectivity index (χ0) is 18.4. The average Bonchev–Trinajstić information content (AvgIpc) is 2.44. The van der Waals surface area contributed by atoms with Gasteiger partial charge in [0.2, 0.25) is 0 Å². The van der Waals surface area contributed by atoms with Crippen molar-refractivity contribution in [2.45, 2.75) is 83.5 Å². The third kappa shape index (κ3) is 4.19. The molecule has 0 aromatic heterocycles. The molecule has 0 unspecified atom stereocenters. The van der Waals surface area contributed by atoms with Crippen molar-refractivity contribution in [1.82, 2.24) is 9.80 Å². The van der Waals surface area contributed by atoms with E-state index in [1.54, 1.807) is 0 Å². The summed E-state index contributed by atoms with van der Waals surface area (Å²) in [4.78, 5) is 16.5. The number of amides is 1. The zero-order valence-corrected chi connectivity index (χ0v) is 16.8. The maximum atomic E-state index is 12.1. The second-order valence-corrected chi connectivity index (χ2v) is 10.4. The Bertz CT molecular complexity index is 504. The summed E-state index contributed by atoms with van der Waals surface area (Å²) >= 11 is 0. The molecule has 148 valence electrons. The first-order valence-electron chi connectivity index (χ1n) is 10.7. The van der Waals surface area contributed by atoms with Gasteiger partial charge in [-0.05, 0) is 52.4 Å². The number of ether oxygens (including phenoxy) is 2. The van der Waals surface area contributed by atoms with Gasteiger partial charge in [0, 0.05) is 38.1 Å². The van der Waals surface area contributed by atoms with Gasteiger partial charge in [0.25, 0.3) is 0 Å². The van der Waals surface area contributed by atoms with Crippen LogP contribution >= 0.6 is 0 Å². The van der Waals surface area contributed by atoms with E-state index in [1.165, 1.54) is 51.5 Å². The lowest BCUT2D eigenvalue weighted by molar-refractivity contribution is -0.133. The Balaban J connectivity index is 1.09. The molecule has 4 aliphatic rings. The highest BCUT2D eigenvalue weighted by atomic mass is 16.6. The third-order valence-corrected chi connectivity index (χ3v) is 6.47. The van der Waals surface area contributed by atoms with Crippen LogP contribution in [-0.4, -0.2) is 66.4 Å². The molecule has 0 N–H and O–H groups in total. The lowest BCUT2D eigenvalue weighted by Crippen LogP contribution is -2.73. The number of hydrogen-bond acceptors (Lipinski definition) is 4. The van der Waals surface area contributed by atoms with Gasteiger partial charge < -0.3 is 19.3 Å². The second-order valence-electron chi connectivity index (χ2n) is 10.4. The smallest absolute Gasteiger partial charge is 0.410 e. The van der Waals surface area contributed by atoms with Crippen LogP contribution in [0.1, 0.15) is 65.7 Å². The predicted octanol–water partition coefficient (Wildman–Crippen LogP) is 3.67. The first-order chi connectivity index (χ1) is 12.3. The van der Waals surface area contributed by atoms with Gasteiger partial charge in [0.1, 0.15) is 5.60 Å². The lowest BCUT2D eigenvalue weighted by atomic mass is 9.71. The number of carbonyl (C=O) groups excluding carboxylic acids is 1. The summed E-state index contributed by atoms with van der Waals surface area (Å²) in [7, 11) is 0. The van der Waals surface area contributed by atoms with Gasteiger partial charge >= 0.3 is 6.09 Å². The Morgan fingerprint density at radius 2 is 1.65 bits per heavy atom. The van der Waals surface area contributed by atoms with Crippen molar-refractivity contribution in [3.8, 4) is 0 Å². The minimum Gasteiger partial charge on any atom is -0.444 e. The molecule has 2 aliphatic carbocycles. The van der Waals surface area contributed by atoms with Crippen LogP contribution in [0.4, 0.5) is 4.79 Å². The molecule has 2 saturated heterocycles. The molecular formula is C21H36N2O3. The normalized spacial score (nSPS) is 31.9. The number of likely N-dealkylation sites (tertiary alicyclic amines) is 2. The van der Waals surface area contributed by atoms with E-state index in [9.17, 15) is 4.79 Å². The summed E-state index contributed by atoms with van der Waals surface area (Å²) in [5.74, 6) is 0.822. The van der Waals surface area contributed by atoms with Gasteiger partial charge in [-0.3, -0.25) is 0 Å². The molecule has 0 bridgehead atoms. The van der Waals surface area contributed by atoms with Crippen LogP contribution in [0.3, 0.4) is 0 Å². The molecule has 5 heteroatoms. The Morgan fingerprint density at radius 3 is 2.27 bits per heavy atom. The quantitative estimate of drug-likeness (QED) is 0.763. The molecule has 4 rings (SSSR count). The molecule has 0 radical (unpaired) electrons. The van der Waals surface area contributed by atoms with Crippen LogP contribution in [0.2, 0.25) is 0 Å². The summed E-state index contributed by atoms with van der Waals surface area (Å²) in [5.41, 5.74) is -0.0371. The maximum absolute atomic E-state index is 12.1. The van der Waals surface area contributed by atoms with Crippen molar-refractivity contribution in [3.05, 3.63) is 0 Å². The monoisotopic (exact) mass is 364 g/mol. The van der Waals surface area contributed by atoms with Crippen molar-refractivity contribution < 1.29 is 14.3 Å². The highest BCUT2D eigenvalue weighted by Gasteiger charge is 2.54. The number of carbonyl (C=O) groups is 1. The van der Waals surface area contributed by atoms with Gasteiger partial charge in [-0.15, -0.1) is 0 Å². The molecule has 1 amide bonds. The minimum atomic E-state index is -0.397. The fraction of sp³-hybridized carbons (Fsp3) is 0.952. The Hall–Kier alpha value is -0.810. The van der Waals surface area contributed by atoms with Crippen molar-refractivity contribution >= 4 is 6.09 Å². The third-order valence-electron chi connectivity index (χ3n) is 6.47. The van der Waals surface area contributed by atoms with Crippen LogP contribution in [0.5, 0.6) is 0 Å². The first kappa shape index (κ1) is 18.5. The first-order valence-corrected chi connectivity index (χ1v) is 10.7. The standard InChI is InChI=1S/C21H36N2O3/c1-20(2,3)26-19(24)23-14-21(15-23)12-22(13-21)11-16-9-18(10-16)25-17-7-5-4-6-8-17/h16-18H,4-15H2,1-3H3. The van der Waals surface area contributed by atoms with Gasteiger partial charge in [-0.1, -0.05) is 19.3 Å². The summed E-state index contributed by atoms with van der Waals surface area (Å²) < 4.78 is 11.7. The molecule has 2 aliphatic heterocycles. The molecule has 2 heterocycles. The van der Waals surface area contributed by atoms with E-state index in [1.807, 2.05) is 25.7 Å². The minimum absolute atomic E-state index is 0.150. The van der Waals surface area contributed by atoms with Crippen LogP contribution in [0.15, 0.2) is 0 Å². The Kier molecular flexibility index (Phi) is 4.98. The largest absolute Gasteiger partial charge is 0.444 e. The SMILES string of the molecule is CC(C)(C)OC(=O)N1CC2(CN(CC3CC(OC4CCCCC4)C3)C2)C1. The van der Waals surface area contributed by atoms with E-state index in [-0.39, 0.29) is 6.09 Å². The van der Waals surface area contributed by atoms with E-state index >= 15 is 0 Å². The molecular weight excluding hydrogens is 328 g/mol. The van der Waals surface area contributed by atoms with Crippen LogP contribution in [0.25, 0.3) is 0 Å². The maximum Gasteiger partial charge on any atom is 0.410 e. The summed E-state index contributed by atoms with van der Waals surface area (Å²) in [6.45, 7) is 11.0. The number of nitrogens with zero attached hydrogens (tertiary/aromatic N) is 2. The molecule has 1 spiro atoms. The van der Waals surface area contributed by atoms with E-state index < -0.39 is 5.60 Å². The zero-order valence-electron chi connectivity index (χ0n) is 16.8. The molecule has 0 aromatic rings.